The van der Waals surface area contributed by atoms with Gasteiger partial charge in [0.2, 0.25) is 0 Å². The van der Waals surface area contributed by atoms with Gasteiger partial charge in [-0.1, -0.05) is 29.3 Å². The molecule has 1 heterocycles. The van der Waals surface area contributed by atoms with Gasteiger partial charge >= 0.3 is 0 Å². The lowest BCUT2D eigenvalue weighted by molar-refractivity contribution is 0.0989. The fraction of sp³-hybridized carbons (Fsp3) is 0.278. The van der Waals surface area contributed by atoms with E-state index < -0.39 is 0 Å². The summed E-state index contributed by atoms with van der Waals surface area (Å²) in [6.45, 7) is 5.14. The van der Waals surface area contributed by atoms with Crippen molar-refractivity contribution in [3.63, 3.8) is 0 Å². The topological polar surface area (TPSA) is 52.6 Å². The largest absolute Gasteiger partial charge is 0.392 e. The highest BCUT2D eigenvalue weighted by Crippen LogP contribution is 2.28. The van der Waals surface area contributed by atoms with Gasteiger partial charge in [0.05, 0.1) is 12.2 Å². The number of nitrogens with zero attached hydrogens (tertiary/aromatic N) is 1. The number of nitrogens with one attached hydrogen (secondary N) is 1. The van der Waals surface area contributed by atoms with Gasteiger partial charge in [-0.05, 0) is 32.0 Å². The summed E-state index contributed by atoms with van der Waals surface area (Å²) in [6.07, 6.45) is 0. The van der Waals surface area contributed by atoms with Crippen LogP contribution in [0.3, 0.4) is 0 Å². The van der Waals surface area contributed by atoms with E-state index in [2.05, 4.69) is 5.32 Å². The van der Waals surface area contributed by atoms with Crippen LogP contribution < -0.4 is 10.2 Å². The molecule has 0 radical (unpaired) electrons. The Hall–Kier alpha value is -2.33. The average molecular weight is 296 g/mol. The average Bonchev–Trinajstić information content (AvgIpc) is 2.67. The molecule has 2 aromatic carbocycles. The standard InChI is InChI=1S/C18H20N2O2/c1-12-4-6-17(14(9-12)11-21)20-8-7-19-16-5-3-13(2)10-15(16)18(20)22/h3-6,9-10,19,21H,7-8,11H2,1-2H3. The van der Waals surface area contributed by atoms with Crippen molar-refractivity contribution in [2.45, 2.75) is 20.5 Å². The molecule has 22 heavy (non-hydrogen) atoms. The maximum Gasteiger partial charge on any atom is 0.260 e. The minimum absolute atomic E-state index is 0.0257. The number of anilines is 2. The highest BCUT2D eigenvalue weighted by atomic mass is 16.3. The van der Waals surface area contributed by atoms with E-state index in [1.807, 2.05) is 50.2 Å². The van der Waals surface area contributed by atoms with Crippen LogP contribution in [0.4, 0.5) is 11.4 Å². The lowest BCUT2D eigenvalue weighted by Gasteiger charge is -2.23. The molecule has 0 atom stereocenters. The van der Waals surface area contributed by atoms with Gasteiger partial charge in [-0.2, -0.15) is 0 Å². The normalized spacial score (nSPS) is 14.3. The number of fused-ring (bicyclic) bond motifs is 1. The van der Waals surface area contributed by atoms with Crippen LogP contribution in [0.1, 0.15) is 27.0 Å². The Bertz CT molecular complexity index is 725. The van der Waals surface area contributed by atoms with Gasteiger partial charge in [0.15, 0.2) is 0 Å². The van der Waals surface area contributed by atoms with Gasteiger partial charge in [-0.3, -0.25) is 4.79 Å². The van der Waals surface area contributed by atoms with Crippen LogP contribution in [-0.4, -0.2) is 24.1 Å². The lowest BCUT2D eigenvalue weighted by Crippen LogP contribution is -2.33. The molecule has 0 saturated carbocycles. The number of carbonyl (C=O) groups excluding carboxylic acids is 1. The Balaban J connectivity index is 2.07. The zero-order valence-electron chi connectivity index (χ0n) is 12.9. The first-order valence-corrected chi connectivity index (χ1v) is 7.47. The van der Waals surface area contributed by atoms with E-state index in [-0.39, 0.29) is 12.5 Å². The molecule has 2 N–H and O–H groups in total. The van der Waals surface area contributed by atoms with Crippen molar-refractivity contribution < 1.29 is 9.90 Å². The zero-order valence-corrected chi connectivity index (χ0v) is 12.9. The number of aliphatic hydroxyl groups excluding tert-OH is 1. The summed E-state index contributed by atoms with van der Waals surface area (Å²) in [7, 11) is 0. The lowest BCUT2D eigenvalue weighted by atomic mass is 10.1. The molecule has 3 rings (SSSR count). The van der Waals surface area contributed by atoms with Crippen molar-refractivity contribution in [1.82, 2.24) is 0 Å². The number of hydrogen-bond donors (Lipinski definition) is 2. The Labute approximate surface area is 130 Å². The molecule has 0 saturated heterocycles. The quantitative estimate of drug-likeness (QED) is 0.896. The van der Waals surface area contributed by atoms with Crippen molar-refractivity contribution in [3.8, 4) is 0 Å². The number of aryl methyl sites for hydroxylation is 2. The molecule has 0 bridgehead atoms. The third-order valence-corrected chi connectivity index (χ3v) is 4.00. The third kappa shape index (κ3) is 2.57. The molecule has 0 aliphatic carbocycles. The zero-order chi connectivity index (χ0) is 15.7. The van der Waals surface area contributed by atoms with Gasteiger partial charge in [-0.25, -0.2) is 0 Å². The summed E-state index contributed by atoms with van der Waals surface area (Å²) < 4.78 is 0. The first-order valence-electron chi connectivity index (χ1n) is 7.47. The highest BCUT2D eigenvalue weighted by molar-refractivity contribution is 6.10. The van der Waals surface area contributed by atoms with E-state index in [4.69, 9.17) is 0 Å². The first-order chi connectivity index (χ1) is 10.6. The molecule has 1 aliphatic heterocycles. The van der Waals surface area contributed by atoms with Crippen LogP contribution >= 0.6 is 0 Å². The maximum atomic E-state index is 12.9. The van der Waals surface area contributed by atoms with E-state index in [9.17, 15) is 9.90 Å². The molecule has 0 aromatic heterocycles. The van der Waals surface area contributed by atoms with Crippen molar-refractivity contribution in [2.75, 3.05) is 23.3 Å². The molecule has 4 heteroatoms. The minimum Gasteiger partial charge on any atom is -0.392 e. The third-order valence-electron chi connectivity index (χ3n) is 4.00. The van der Waals surface area contributed by atoms with Gasteiger partial charge in [-0.15, -0.1) is 0 Å². The van der Waals surface area contributed by atoms with E-state index in [0.717, 1.165) is 28.1 Å². The van der Waals surface area contributed by atoms with Crippen molar-refractivity contribution >= 4 is 17.3 Å². The summed E-state index contributed by atoms with van der Waals surface area (Å²) in [5.41, 5.74) is 5.25. The number of rotatable bonds is 2. The summed E-state index contributed by atoms with van der Waals surface area (Å²) >= 11 is 0. The van der Waals surface area contributed by atoms with Gasteiger partial charge < -0.3 is 15.3 Å². The van der Waals surface area contributed by atoms with E-state index in [1.54, 1.807) is 4.90 Å². The Morgan fingerprint density at radius 1 is 1.14 bits per heavy atom. The van der Waals surface area contributed by atoms with Crippen LogP contribution in [0.2, 0.25) is 0 Å². The fourth-order valence-electron chi connectivity index (χ4n) is 2.87. The number of carbonyl (C=O) groups is 1. The Morgan fingerprint density at radius 2 is 1.86 bits per heavy atom. The van der Waals surface area contributed by atoms with E-state index in [0.29, 0.717) is 18.7 Å². The second-order valence-corrected chi connectivity index (χ2v) is 5.72. The van der Waals surface area contributed by atoms with Crippen LogP contribution in [0, 0.1) is 13.8 Å². The van der Waals surface area contributed by atoms with Crippen molar-refractivity contribution in [1.29, 1.82) is 0 Å². The number of amides is 1. The summed E-state index contributed by atoms with van der Waals surface area (Å²) in [5.74, 6) is -0.0257. The molecule has 1 aliphatic rings. The molecule has 114 valence electrons. The molecular formula is C18H20N2O2. The van der Waals surface area contributed by atoms with Gasteiger partial charge in [0.25, 0.3) is 5.91 Å². The number of aliphatic hydroxyl groups is 1. The summed E-state index contributed by atoms with van der Waals surface area (Å²) in [5, 5.41) is 12.9. The van der Waals surface area contributed by atoms with Crippen LogP contribution in [0.25, 0.3) is 0 Å². The second-order valence-electron chi connectivity index (χ2n) is 5.72. The van der Waals surface area contributed by atoms with Crippen molar-refractivity contribution in [3.05, 3.63) is 58.7 Å². The molecule has 4 nitrogen and oxygen atoms in total. The number of benzene rings is 2. The predicted octanol–water partition coefficient (Wildman–Crippen LogP) is 2.87. The minimum atomic E-state index is -0.0745. The van der Waals surface area contributed by atoms with Gasteiger partial charge in [0, 0.05) is 30.0 Å². The molecule has 2 aromatic rings. The van der Waals surface area contributed by atoms with E-state index in [1.165, 1.54) is 0 Å². The molecular weight excluding hydrogens is 276 g/mol. The van der Waals surface area contributed by atoms with Crippen LogP contribution in [0.15, 0.2) is 36.4 Å². The van der Waals surface area contributed by atoms with Gasteiger partial charge in [0.1, 0.15) is 0 Å². The maximum absolute atomic E-state index is 12.9. The number of hydrogen-bond acceptors (Lipinski definition) is 3. The SMILES string of the molecule is Cc1ccc(N2CCNc3ccc(C)cc3C2=O)c(CO)c1. The van der Waals surface area contributed by atoms with Crippen molar-refractivity contribution in [2.24, 2.45) is 0 Å². The highest BCUT2D eigenvalue weighted by Gasteiger charge is 2.25. The molecule has 1 amide bonds. The molecule has 0 fully saturated rings. The summed E-state index contributed by atoms with van der Waals surface area (Å²) in [4.78, 5) is 14.7. The smallest absolute Gasteiger partial charge is 0.260 e. The van der Waals surface area contributed by atoms with Crippen LogP contribution in [0.5, 0.6) is 0 Å². The Kier molecular flexibility index (Phi) is 3.86. The van der Waals surface area contributed by atoms with Crippen LogP contribution in [-0.2, 0) is 6.61 Å². The molecule has 0 unspecified atom stereocenters. The first kappa shape index (κ1) is 14.6. The van der Waals surface area contributed by atoms with E-state index >= 15 is 0 Å². The fourth-order valence-corrected chi connectivity index (χ4v) is 2.87. The monoisotopic (exact) mass is 296 g/mol. The second kappa shape index (κ2) is 5.81. The predicted molar refractivity (Wildman–Crippen MR) is 88.4 cm³/mol. The summed E-state index contributed by atoms with van der Waals surface area (Å²) in [6, 6.07) is 11.7. The Morgan fingerprint density at radius 3 is 2.64 bits per heavy atom. The molecule has 0 spiro atoms.